The molecular weight excluding hydrogens is 160 g/mol. The van der Waals surface area contributed by atoms with Crippen molar-refractivity contribution in [3.63, 3.8) is 0 Å². The molecule has 13 heavy (non-hydrogen) atoms. The van der Waals surface area contributed by atoms with Crippen LogP contribution in [0.1, 0.15) is 27.7 Å². The monoisotopic (exact) mass is 180 g/mol. The Balaban J connectivity index is 0.000000671. The predicted octanol–water partition coefficient (Wildman–Crippen LogP) is 2.82. The van der Waals surface area contributed by atoms with Crippen molar-refractivity contribution in [1.82, 2.24) is 10.2 Å². The maximum Gasteiger partial charge on any atom is 0.121 e. The molecule has 0 spiro atoms. The molecule has 1 aliphatic rings. The summed E-state index contributed by atoms with van der Waals surface area (Å²) < 4.78 is 0. The van der Waals surface area contributed by atoms with E-state index in [9.17, 15) is 0 Å². The SMILES string of the molecule is C=CC1NC(C)=CN1/C=C\C.CC. The molecule has 0 aliphatic carbocycles. The molecule has 0 saturated heterocycles. The zero-order valence-electron chi connectivity index (χ0n) is 9.04. The topological polar surface area (TPSA) is 15.3 Å². The van der Waals surface area contributed by atoms with E-state index < -0.39 is 0 Å². The molecule has 1 heterocycles. The lowest BCUT2D eigenvalue weighted by molar-refractivity contribution is 0.429. The van der Waals surface area contributed by atoms with Gasteiger partial charge in [-0.3, -0.25) is 0 Å². The Morgan fingerprint density at radius 2 is 2.15 bits per heavy atom. The molecule has 0 bridgehead atoms. The van der Waals surface area contributed by atoms with Crippen LogP contribution in [0.4, 0.5) is 0 Å². The Morgan fingerprint density at radius 3 is 2.62 bits per heavy atom. The molecule has 1 unspecified atom stereocenters. The van der Waals surface area contributed by atoms with Gasteiger partial charge in [-0.25, -0.2) is 0 Å². The lowest BCUT2D eigenvalue weighted by Crippen LogP contribution is -2.30. The van der Waals surface area contributed by atoms with Crippen molar-refractivity contribution in [1.29, 1.82) is 0 Å². The van der Waals surface area contributed by atoms with Crippen molar-refractivity contribution < 1.29 is 0 Å². The third-order valence-corrected chi connectivity index (χ3v) is 1.58. The number of allylic oxidation sites excluding steroid dienone is 2. The highest BCUT2D eigenvalue weighted by molar-refractivity contribution is 5.12. The van der Waals surface area contributed by atoms with E-state index in [4.69, 9.17) is 0 Å². The maximum absolute atomic E-state index is 3.74. The first-order valence-corrected chi connectivity index (χ1v) is 4.75. The van der Waals surface area contributed by atoms with Gasteiger partial charge in [-0.2, -0.15) is 0 Å². The Labute approximate surface area is 81.6 Å². The van der Waals surface area contributed by atoms with Crippen molar-refractivity contribution in [2.24, 2.45) is 0 Å². The molecule has 1 aliphatic heterocycles. The van der Waals surface area contributed by atoms with Gasteiger partial charge in [-0.05, 0) is 19.9 Å². The molecule has 74 valence electrons. The van der Waals surface area contributed by atoms with Gasteiger partial charge in [0, 0.05) is 18.1 Å². The van der Waals surface area contributed by atoms with Gasteiger partial charge in [-0.1, -0.05) is 26.5 Å². The van der Waals surface area contributed by atoms with Crippen molar-refractivity contribution in [2.45, 2.75) is 33.9 Å². The van der Waals surface area contributed by atoms with Gasteiger partial charge in [0.2, 0.25) is 0 Å². The van der Waals surface area contributed by atoms with Crippen molar-refractivity contribution in [2.75, 3.05) is 0 Å². The van der Waals surface area contributed by atoms with Crippen LogP contribution in [0.25, 0.3) is 0 Å². The van der Waals surface area contributed by atoms with Crippen molar-refractivity contribution in [3.8, 4) is 0 Å². The van der Waals surface area contributed by atoms with Gasteiger partial charge >= 0.3 is 0 Å². The summed E-state index contributed by atoms with van der Waals surface area (Å²) in [7, 11) is 0. The van der Waals surface area contributed by atoms with Crippen LogP contribution >= 0.6 is 0 Å². The van der Waals surface area contributed by atoms with Gasteiger partial charge in [0.25, 0.3) is 0 Å². The molecule has 2 nitrogen and oxygen atoms in total. The summed E-state index contributed by atoms with van der Waals surface area (Å²) >= 11 is 0. The summed E-state index contributed by atoms with van der Waals surface area (Å²) in [5, 5.41) is 3.26. The predicted molar refractivity (Wildman–Crippen MR) is 58.9 cm³/mol. The van der Waals surface area contributed by atoms with E-state index >= 15 is 0 Å². The van der Waals surface area contributed by atoms with Crippen LogP contribution in [-0.2, 0) is 0 Å². The van der Waals surface area contributed by atoms with Crippen LogP contribution in [0.5, 0.6) is 0 Å². The molecule has 0 aromatic carbocycles. The standard InChI is InChI=1S/C9H14N2.C2H6/c1-4-6-11-7-8(3)10-9(11)5-2;1-2/h4-7,9-10H,2H2,1,3H3;1-2H3/b6-4-;. The average molecular weight is 180 g/mol. The fourth-order valence-corrected chi connectivity index (χ4v) is 1.14. The summed E-state index contributed by atoms with van der Waals surface area (Å²) in [6, 6.07) is 0. The Hall–Kier alpha value is -1.18. The van der Waals surface area contributed by atoms with E-state index in [2.05, 4.69) is 23.0 Å². The van der Waals surface area contributed by atoms with E-state index in [1.807, 2.05) is 46.0 Å². The zero-order valence-corrected chi connectivity index (χ0v) is 9.04. The summed E-state index contributed by atoms with van der Waals surface area (Å²) in [5.41, 5.74) is 1.17. The van der Waals surface area contributed by atoms with Crippen molar-refractivity contribution in [3.05, 3.63) is 36.8 Å². The minimum Gasteiger partial charge on any atom is -0.364 e. The molecule has 1 N–H and O–H groups in total. The normalized spacial score (nSPS) is 20.5. The molecule has 0 fully saturated rings. The highest BCUT2D eigenvalue weighted by Gasteiger charge is 2.14. The van der Waals surface area contributed by atoms with E-state index in [-0.39, 0.29) is 6.17 Å². The zero-order chi connectivity index (χ0) is 10.3. The highest BCUT2D eigenvalue weighted by Crippen LogP contribution is 2.11. The molecule has 1 rings (SSSR count). The Kier molecular flexibility index (Phi) is 5.77. The molecule has 1 atom stereocenters. The van der Waals surface area contributed by atoms with Crippen LogP contribution in [0.2, 0.25) is 0 Å². The number of nitrogens with one attached hydrogen (secondary N) is 1. The second-order valence-electron chi connectivity index (χ2n) is 2.57. The van der Waals surface area contributed by atoms with E-state index in [1.54, 1.807) is 0 Å². The highest BCUT2D eigenvalue weighted by atomic mass is 15.3. The number of rotatable bonds is 2. The smallest absolute Gasteiger partial charge is 0.121 e. The first-order chi connectivity index (χ1) is 6.27. The second kappa shape index (κ2) is 6.35. The third-order valence-electron chi connectivity index (χ3n) is 1.58. The van der Waals surface area contributed by atoms with Crippen LogP contribution < -0.4 is 5.32 Å². The van der Waals surface area contributed by atoms with Gasteiger partial charge in [-0.15, -0.1) is 0 Å². The first kappa shape index (κ1) is 11.8. The second-order valence-corrected chi connectivity index (χ2v) is 2.57. The molecule has 0 radical (unpaired) electrons. The number of hydrogen-bond acceptors (Lipinski definition) is 2. The summed E-state index contributed by atoms with van der Waals surface area (Å²) in [5.74, 6) is 0. The quantitative estimate of drug-likeness (QED) is 0.657. The molecule has 0 amide bonds. The first-order valence-electron chi connectivity index (χ1n) is 4.75. The summed E-state index contributed by atoms with van der Waals surface area (Å²) in [6.07, 6.45) is 8.20. The van der Waals surface area contributed by atoms with Gasteiger partial charge in [0.05, 0.1) is 0 Å². The van der Waals surface area contributed by atoms with Crippen LogP contribution in [0.3, 0.4) is 0 Å². The van der Waals surface area contributed by atoms with Gasteiger partial charge in [0.15, 0.2) is 0 Å². The lowest BCUT2D eigenvalue weighted by Gasteiger charge is -2.17. The molecule has 0 aromatic rings. The largest absolute Gasteiger partial charge is 0.364 e. The molecule has 2 heteroatoms. The minimum atomic E-state index is 0.228. The molecule has 0 saturated carbocycles. The maximum atomic E-state index is 3.74. The Morgan fingerprint density at radius 1 is 1.54 bits per heavy atom. The van der Waals surface area contributed by atoms with E-state index in [1.165, 1.54) is 5.70 Å². The van der Waals surface area contributed by atoms with E-state index in [0.29, 0.717) is 0 Å². The number of nitrogens with zero attached hydrogens (tertiary/aromatic N) is 1. The lowest BCUT2D eigenvalue weighted by atomic mass is 10.4. The molecule has 0 aromatic heterocycles. The van der Waals surface area contributed by atoms with E-state index in [0.717, 1.165) is 0 Å². The summed E-state index contributed by atoms with van der Waals surface area (Å²) in [4.78, 5) is 2.09. The number of hydrogen-bond donors (Lipinski definition) is 1. The average Bonchev–Trinajstić information content (AvgIpc) is 2.50. The van der Waals surface area contributed by atoms with Crippen LogP contribution in [-0.4, -0.2) is 11.1 Å². The third kappa shape index (κ3) is 3.36. The summed E-state index contributed by atoms with van der Waals surface area (Å²) in [6.45, 7) is 11.8. The van der Waals surface area contributed by atoms with Crippen LogP contribution in [0, 0.1) is 0 Å². The van der Waals surface area contributed by atoms with Gasteiger partial charge < -0.3 is 10.2 Å². The van der Waals surface area contributed by atoms with Gasteiger partial charge in [0.1, 0.15) is 6.17 Å². The Bertz CT molecular complexity index is 204. The van der Waals surface area contributed by atoms with Crippen LogP contribution in [0.15, 0.2) is 36.8 Å². The molecular formula is C11H20N2. The minimum absolute atomic E-state index is 0.228. The fraction of sp³-hybridized carbons (Fsp3) is 0.455. The van der Waals surface area contributed by atoms with Crippen molar-refractivity contribution >= 4 is 0 Å². The fourth-order valence-electron chi connectivity index (χ4n) is 1.14.